The molecule has 1 amide bonds. The summed E-state index contributed by atoms with van der Waals surface area (Å²) in [6.45, 7) is 0. The Bertz CT molecular complexity index is 411. The molecular weight excluding hydrogens is 240 g/mol. The van der Waals surface area contributed by atoms with E-state index in [-0.39, 0.29) is 11.9 Å². The maximum absolute atomic E-state index is 11.9. The summed E-state index contributed by atoms with van der Waals surface area (Å²) in [7, 11) is 0. The van der Waals surface area contributed by atoms with E-state index >= 15 is 0 Å². The Morgan fingerprint density at radius 1 is 1.47 bits per heavy atom. The number of nitrogens with one attached hydrogen (secondary N) is 1. The highest BCUT2D eigenvalue weighted by Crippen LogP contribution is 2.19. The maximum Gasteiger partial charge on any atom is 0.251 e. The van der Waals surface area contributed by atoms with Gasteiger partial charge in [0.25, 0.3) is 5.91 Å². The van der Waals surface area contributed by atoms with E-state index in [0.29, 0.717) is 10.7 Å². The quantitative estimate of drug-likeness (QED) is 0.791. The van der Waals surface area contributed by atoms with Crippen LogP contribution in [-0.4, -0.2) is 28.1 Å². The molecule has 0 bridgehead atoms. The number of halogens is 1. The lowest BCUT2D eigenvalue weighted by Crippen LogP contribution is -2.45. The molecule has 1 aromatic rings. The zero-order valence-electron chi connectivity index (χ0n) is 9.40. The lowest BCUT2D eigenvalue weighted by molar-refractivity contribution is 0.0717. The highest BCUT2D eigenvalue weighted by atomic mass is 35.5. The Hall–Kier alpha value is -1.13. The third-order valence-corrected chi connectivity index (χ3v) is 3.24. The van der Waals surface area contributed by atoms with Crippen LogP contribution >= 0.6 is 11.6 Å². The summed E-state index contributed by atoms with van der Waals surface area (Å²) in [5, 5.41) is 12.9. The molecule has 1 aliphatic rings. The SMILES string of the molecule is O=C(N[C@H]1CCCC[C@@H]1O)c1ccnc(Cl)c1. The van der Waals surface area contributed by atoms with E-state index in [1.807, 2.05) is 0 Å². The molecule has 1 heterocycles. The smallest absolute Gasteiger partial charge is 0.251 e. The molecule has 5 heteroatoms. The number of rotatable bonds is 2. The summed E-state index contributed by atoms with van der Waals surface area (Å²) < 4.78 is 0. The number of hydrogen-bond acceptors (Lipinski definition) is 3. The number of nitrogens with zero attached hydrogens (tertiary/aromatic N) is 1. The van der Waals surface area contributed by atoms with Gasteiger partial charge >= 0.3 is 0 Å². The molecule has 0 spiro atoms. The number of aliphatic hydroxyl groups excluding tert-OH is 1. The van der Waals surface area contributed by atoms with Gasteiger partial charge in [0.05, 0.1) is 12.1 Å². The van der Waals surface area contributed by atoms with Crippen molar-refractivity contribution in [3.8, 4) is 0 Å². The molecule has 0 saturated heterocycles. The number of aliphatic hydroxyl groups is 1. The van der Waals surface area contributed by atoms with Crippen molar-refractivity contribution in [2.45, 2.75) is 37.8 Å². The van der Waals surface area contributed by atoms with Gasteiger partial charge in [-0.3, -0.25) is 4.79 Å². The minimum absolute atomic E-state index is 0.150. The molecule has 17 heavy (non-hydrogen) atoms. The summed E-state index contributed by atoms with van der Waals surface area (Å²) >= 11 is 5.72. The predicted molar refractivity (Wildman–Crippen MR) is 65.0 cm³/mol. The molecule has 0 radical (unpaired) electrons. The van der Waals surface area contributed by atoms with E-state index in [4.69, 9.17) is 11.6 Å². The number of amides is 1. The molecule has 1 saturated carbocycles. The van der Waals surface area contributed by atoms with Gasteiger partial charge in [0, 0.05) is 11.8 Å². The van der Waals surface area contributed by atoms with Crippen LogP contribution in [-0.2, 0) is 0 Å². The lowest BCUT2D eigenvalue weighted by Gasteiger charge is -2.28. The van der Waals surface area contributed by atoms with Crippen LogP contribution in [0.3, 0.4) is 0 Å². The predicted octanol–water partition coefficient (Wildman–Crippen LogP) is 1.77. The first-order valence-corrected chi connectivity index (χ1v) is 6.15. The molecule has 92 valence electrons. The van der Waals surface area contributed by atoms with Gasteiger partial charge in [-0.05, 0) is 25.0 Å². The zero-order chi connectivity index (χ0) is 12.3. The largest absolute Gasteiger partial charge is 0.391 e. The number of hydrogen-bond donors (Lipinski definition) is 2. The molecule has 2 N–H and O–H groups in total. The molecule has 1 fully saturated rings. The molecule has 1 aromatic heterocycles. The summed E-state index contributed by atoms with van der Waals surface area (Å²) in [5.74, 6) is -0.208. The van der Waals surface area contributed by atoms with E-state index < -0.39 is 6.10 Å². The minimum atomic E-state index is -0.440. The molecule has 2 rings (SSSR count). The molecule has 0 aliphatic heterocycles. The highest BCUT2D eigenvalue weighted by Gasteiger charge is 2.24. The van der Waals surface area contributed by atoms with Gasteiger partial charge < -0.3 is 10.4 Å². The second kappa shape index (κ2) is 5.47. The second-order valence-corrected chi connectivity index (χ2v) is 4.69. The molecule has 4 nitrogen and oxygen atoms in total. The van der Waals surface area contributed by atoms with Crippen LogP contribution in [0.25, 0.3) is 0 Å². The summed E-state index contributed by atoms with van der Waals surface area (Å²) in [5.41, 5.74) is 0.475. The second-order valence-electron chi connectivity index (χ2n) is 4.30. The van der Waals surface area contributed by atoms with Crippen molar-refractivity contribution in [3.63, 3.8) is 0 Å². The van der Waals surface area contributed by atoms with Crippen LogP contribution in [0.15, 0.2) is 18.3 Å². The van der Waals surface area contributed by atoms with Gasteiger partial charge in [-0.25, -0.2) is 4.98 Å². The molecule has 1 aliphatic carbocycles. The zero-order valence-corrected chi connectivity index (χ0v) is 10.2. The topological polar surface area (TPSA) is 62.2 Å². The Kier molecular flexibility index (Phi) is 3.97. The fourth-order valence-electron chi connectivity index (χ4n) is 2.08. The molecular formula is C12H15ClN2O2. The van der Waals surface area contributed by atoms with Crippen molar-refractivity contribution in [2.24, 2.45) is 0 Å². The van der Waals surface area contributed by atoms with Crippen molar-refractivity contribution in [3.05, 3.63) is 29.0 Å². The summed E-state index contributed by atoms with van der Waals surface area (Å²) in [6.07, 6.45) is 4.70. The van der Waals surface area contributed by atoms with Crippen LogP contribution in [0.2, 0.25) is 5.15 Å². The highest BCUT2D eigenvalue weighted by molar-refractivity contribution is 6.29. The van der Waals surface area contributed by atoms with E-state index in [1.54, 1.807) is 6.07 Å². The van der Waals surface area contributed by atoms with Crippen molar-refractivity contribution < 1.29 is 9.90 Å². The average Bonchev–Trinajstić information content (AvgIpc) is 2.32. The van der Waals surface area contributed by atoms with E-state index in [2.05, 4.69) is 10.3 Å². The number of carbonyl (C=O) groups excluding carboxylic acids is 1. The third kappa shape index (κ3) is 3.17. The van der Waals surface area contributed by atoms with E-state index in [1.165, 1.54) is 12.3 Å². The Morgan fingerprint density at radius 2 is 2.24 bits per heavy atom. The summed E-state index contributed by atoms with van der Waals surface area (Å²) in [6, 6.07) is 2.98. The van der Waals surface area contributed by atoms with Crippen molar-refractivity contribution >= 4 is 17.5 Å². The Labute approximate surface area is 105 Å². The van der Waals surface area contributed by atoms with Crippen molar-refractivity contribution in [1.82, 2.24) is 10.3 Å². The van der Waals surface area contributed by atoms with Gasteiger partial charge in [0.15, 0.2) is 0 Å². The normalized spacial score (nSPS) is 24.4. The Morgan fingerprint density at radius 3 is 2.94 bits per heavy atom. The first-order valence-electron chi connectivity index (χ1n) is 5.77. The molecule has 0 aromatic carbocycles. The standard InChI is InChI=1S/C12H15ClN2O2/c13-11-7-8(5-6-14-11)12(17)15-9-3-1-2-4-10(9)16/h5-7,9-10,16H,1-4H2,(H,15,17)/t9-,10-/m0/s1. The molecule has 0 unspecified atom stereocenters. The number of pyridine rings is 1. The van der Waals surface area contributed by atoms with Crippen molar-refractivity contribution in [1.29, 1.82) is 0 Å². The van der Waals surface area contributed by atoms with Gasteiger partial charge in [-0.2, -0.15) is 0 Å². The first kappa shape index (κ1) is 12.3. The fraction of sp³-hybridized carbons (Fsp3) is 0.500. The van der Waals surface area contributed by atoms with Crippen LogP contribution in [0.5, 0.6) is 0 Å². The fourth-order valence-corrected chi connectivity index (χ4v) is 2.25. The Balaban J connectivity index is 2.01. The van der Waals surface area contributed by atoms with Crippen LogP contribution < -0.4 is 5.32 Å². The van der Waals surface area contributed by atoms with Gasteiger partial charge in [-0.1, -0.05) is 24.4 Å². The van der Waals surface area contributed by atoms with Crippen LogP contribution in [0.4, 0.5) is 0 Å². The van der Waals surface area contributed by atoms with E-state index in [0.717, 1.165) is 25.7 Å². The summed E-state index contributed by atoms with van der Waals surface area (Å²) in [4.78, 5) is 15.7. The minimum Gasteiger partial charge on any atom is -0.391 e. The van der Waals surface area contributed by atoms with Crippen LogP contribution in [0, 0.1) is 0 Å². The number of carbonyl (C=O) groups is 1. The maximum atomic E-state index is 11.9. The average molecular weight is 255 g/mol. The van der Waals surface area contributed by atoms with Crippen LogP contribution in [0.1, 0.15) is 36.0 Å². The van der Waals surface area contributed by atoms with E-state index in [9.17, 15) is 9.90 Å². The van der Waals surface area contributed by atoms with Gasteiger partial charge in [0.1, 0.15) is 5.15 Å². The number of aromatic nitrogens is 1. The monoisotopic (exact) mass is 254 g/mol. The van der Waals surface area contributed by atoms with Gasteiger partial charge in [-0.15, -0.1) is 0 Å². The van der Waals surface area contributed by atoms with Gasteiger partial charge in [0.2, 0.25) is 0 Å². The lowest BCUT2D eigenvalue weighted by atomic mass is 9.92. The first-order chi connectivity index (χ1) is 8.16. The van der Waals surface area contributed by atoms with Crippen molar-refractivity contribution in [2.75, 3.05) is 0 Å². The third-order valence-electron chi connectivity index (χ3n) is 3.03. The molecule has 2 atom stereocenters.